The summed E-state index contributed by atoms with van der Waals surface area (Å²) in [6, 6.07) is 23.1. The third-order valence-corrected chi connectivity index (χ3v) is 10.0. The number of carbonyl (C=O) groups is 2. The standard InChI is InChI=1S/C43H45FN8O3/c1-3-39-37(40(49-33-15-18-55-19-16-33)36-25-48-52(4-2)42(36)50-39)27-51(43(54)32-11-6-10-31(22-32)41(45)53)26-29-13-14-38(44)35(21-29)30-9-5-8-28(20-30)23-47-34-12-7-17-46-24-34/h5-14,17,20-22,24-25,33,47H,3-4,15-16,18-19,23,26-27H2,1-2H3,(H2,45,53)(H,49,50). The predicted molar refractivity (Wildman–Crippen MR) is 212 cm³/mol. The van der Waals surface area contributed by atoms with E-state index >= 15 is 4.39 Å². The van der Waals surface area contributed by atoms with Crippen LogP contribution in [0, 0.1) is 5.82 Å². The summed E-state index contributed by atoms with van der Waals surface area (Å²) in [6.07, 6.45) is 7.62. The SMILES string of the molecule is CCc1nc2c(cnn2CC)c(NC2CCOCC2)c1CN(Cc1ccc(F)c(-c2cccc(CNc3cccnc3)c2)c1)C(=O)c1cccc(C(N)=O)c1. The van der Waals surface area contributed by atoms with Gasteiger partial charge in [0.2, 0.25) is 5.91 Å². The molecule has 0 aliphatic carbocycles. The van der Waals surface area contributed by atoms with E-state index in [0.29, 0.717) is 43.9 Å². The van der Waals surface area contributed by atoms with Crippen LogP contribution in [0.1, 0.15) is 69.8 Å². The average molecular weight is 741 g/mol. The van der Waals surface area contributed by atoms with Gasteiger partial charge in [-0.1, -0.05) is 37.3 Å². The number of nitrogens with zero attached hydrogens (tertiary/aromatic N) is 5. The molecule has 4 N–H and O–H groups in total. The van der Waals surface area contributed by atoms with Gasteiger partial charge in [0.1, 0.15) is 5.82 Å². The zero-order chi connectivity index (χ0) is 38.3. The number of halogens is 1. The van der Waals surface area contributed by atoms with E-state index < -0.39 is 5.91 Å². The molecule has 6 aromatic rings. The summed E-state index contributed by atoms with van der Waals surface area (Å²) in [5, 5.41) is 12.7. The molecule has 282 valence electrons. The third-order valence-electron chi connectivity index (χ3n) is 10.0. The lowest BCUT2D eigenvalue weighted by Gasteiger charge is -2.29. The van der Waals surface area contributed by atoms with Crippen molar-refractivity contribution in [3.05, 3.63) is 137 Å². The molecular formula is C43H45FN8O3. The molecule has 1 aliphatic heterocycles. The molecule has 1 fully saturated rings. The average Bonchev–Trinajstić information content (AvgIpc) is 3.64. The number of pyridine rings is 2. The largest absolute Gasteiger partial charge is 0.381 e. The molecule has 0 unspecified atom stereocenters. The van der Waals surface area contributed by atoms with Gasteiger partial charge < -0.3 is 26.0 Å². The maximum atomic E-state index is 15.6. The summed E-state index contributed by atoms with van der Waals surface area (Å²) in [7, 11) is 0. The minimum atomic E-state index is -0.624. The van der Waals surface area contributed by atoms with Gasteiger partial charge in [-0.05, 0) is 91.4 Å². The topological polar surface area (TPSA) is 140 Å². The van der Waals surface area contributed by atoms with Gasteiger partial charge in [0, 0.05) is 79.2 Å². The maximum absolute atomic E-state index is 15.6. The molecule has 0 saturated carbocycles. The maximum Gasteiger partial charge on any atom is 0.254 e. The van der Waals surface area contributed by atoms with Crippen LogP contribution in [0.4, 0.5) is 15.8 Å². The number of ether oxygens (including phenoxy) is 1. The Labute approximate surface area is 319 Å². The summed E-state index contributed by atoms with van der Waals surface area (Å²) in [5.41, 5.74) is 13.3. The normalized spacial score (nSPS) is 13.1. The summed E-state index contributed by atoms with van der Waals surface area (Å²) in [5.74, 6) is -1.30. The lowest BCUT2D eigenvalue weighted by atomic mass is 9.99. The summed E-state index contributed by atoms with van der Waals surface area (Å²) >= 11 is 0. The molecule has 12 heteroatoms. The highest BCUT2D eigenvalue weighted by Gasteiger charge is 2.26. The number of nitrogens with two attached hydrogens (primary N) is 1. The Balaban J connectivity index is 1.27. The Morgan fingerprint density at radius 2 is 1.76 bits per heavy atom. The van der Waals surface area contributed by atoms with Crippen molar-refractivity contribution < 1.29 is 18.7 Å². The molecule has 1 saturated heterocycles. The van der Waals surface area contributed by atoms with E-state index in [-0.39, 0.29) is 36.4 Å². The van der Waals surface area contributed by atoms with Gasteiger partial charge in [-0.15, -0.1) is 0 Å². The van der Waals surface area contributed by atoms with Crippen molar-refractivity contribution in [2.24, 2.45) is 5.73 Å². The molecule has 7 rings (SSSR count). The molecule has 2 amide bonds. The Kier molecular flexibility index (Phi) is 11.4. The van der Waals surface area contributed by atoms with Crippen LogP contribution < -0.4 is 16.4 Å². The fourth-order valence-electron chi connectivity index (χ4n) is 7.09. The van der Waals surface area contributed by atoms with Crippen molar-refractivity contribution >= 4 is 34.2 Å². The molecular weight excluding hydrogens is 696 g/mol. The smallest absolute Gasteiger partial charge is 0.254 e. The number of nitrogens with one attached hydrogen (secondary N) is 2. The van der Waals surface area contributed by atoms with Crippen molar-refractivity contribution in [3.8, 4) is 11.1 Å². The molecule has 11 nitrogen and oxygen atoms in total. The first-order valence-corrected chi connectivity index (χ1v) is 18.7. The van der Waals surface area contributed by atoms with Crippen LogP contribution in [0.25, 0.3) is 22.2 Å². The van der Waals surface area contributed by atoms with Crippen LogP contribution in [0.15, 0.2) is 97.5 Å². The number of anilines is 2. The highest BCUT2D eigenvalue weighted by Crippen LogP contribution is 2.34. The van der Waals surface area contributed by atoms with Gasteiger partial charge in [0.15, 0.2) is 5.65 Å². The van der Waals surface area contributed by atoms with Crippen molar-refractivity contribution in [2.75, 3.05) is 23.8 Å². The molecule has 0 radical (unpaired) electrons. The number of benzene rings is 3. The van der Waals surface area contributed by atoms with Gasteiger partial charge in [0.05, 0.1) is 29.5 Å². The lowest BCUT2D eigenvalue weighted by Crippen LogP contribution is -2.33. The lowest BCUT2D eigenvalue weighted by molar-refractivity contribution is 0.0729. The number of amides is 2. The highest BCUT2D eigenvalue weighted by molar-refractivity contribution is 5.99. The first-order chi connectivity index (χ1) is 26.8. The van der Waals surface area contributed by atoms with E-state index in [4.69, 9.17) is 15.5 Å². The molecule has 0 bridgehead atoms. The predicted octanol–water partition coefficient (Wildman–Crippen LogP) is 7.36. The number of aromatic nitrogens is 4. The Morgan fingerprint density at radius 1 is 0.945 bits per heavy atom. The van der Waals surface area contributed by atoms with Crippen molar-refractivity contribution in [2.45, 2.75) is 65.3 Å². The number of primary amides is 1. The van der Waals surface area contributed by atoms with E-state index in [1.165, 1.54) is 12.1 Å². The minimum Gasteiger partial charge on any atom is -0.381 e. The van der Waals surface area contributed by atoms with Crippen LogP contribution in [-0.2, 0) is 37.3 Å². The van der Waals surface area contributed by atoms with Gasteiger partial charge >= 0.3 is 0 Å². The van der Waals surface area contributed by atoms with Crippen LogP contribution in [-0.4, -0.2) is 55.7 Å². The van der Waals surface area contributed by atoms with E-state index in [1.54, 1.807) is 47.6 Å². The van der Waals surface area contributed by atoms with E-state index in [9.17, 15) is 9.59 Å². The minimum absolute atomic E-state index is 0.154. The first kappa shape index (κ1) is 37.2. The number of hydrogen-bond acceptors (Lipinski definition) is 8. The van der Waals surface area contributed by atoms with Crippen molar-refractivity contribution in [1.29, 1.82) is 0 Å². The number of hydrogen-bond donors (Lipinski definition) is 3. The second kappa shape index (κ2) is 16.9. The van der Waals surface area contributed by atoms with Crippen LogP contribution >= 0.6 is 0 Å². The molecule has 3 aromatic heterocycles. The molecule has 1 aliphatic rings. The Morgan fingerprint density at radius 3 is 2.53 bits per heavy atom. The van der Waals surface area contributed by atoms with Gasteiger partial charge in [0.25, 0.3) is 5.91 Å². The zero-order valence-corrected chi connectivity index (χ0v) is 31.1. The number of rotatable bonds is 14. The fraction of sp³-hybridized carbons (Fsp3) is 0.279. The highest BCUT2D eigenvalue weighted by atomic mass is 19.1. The summed E-state index contributed by atoms with van der Waals surface area (Å²) in [4.78, 5) is 37.8. The second-order valence-electron chi connectivity index (χ2n) is 13.7. The number of fused-ring (bicyclic) bond motifs is 1. The first-order valence-electron chi connectivity index (χ1n) is 18.7. The fourth-order valence-corrected chi connectivity index (χ4v) is 7.09. The second-order valence-corrected chi connectivity index (χ2v) is 13.7. The molecule has 0 spiro atoms. The number of carbonyl (C=O) groups excluding carboxylic acids is 2. The summed E-state index contributed by atoms with van der Waals surface area (Å²) in [6.45, 7) is 6.95. The quantitative estimate of drug-likeness (QED) is 0.105. The molecule has 55 heavy (non-hydrogen) atoms. The number of aryl methyl sites for hydroxylation is 2. The van der Waals surface area contributed by atoms with Gasteiger partial charge in [-0.25, -0.2) is 14.1 Å². The van der Waals surface area contributed by atoms with Gasteiger partial charge in [-0.3, -0.25) is 14.6 Å². The third kappa shape index (κ3) is 8.49. The van der Waals surface area contributed by atoms with Crippen LogP contribution in [0.2, 0.25) is 0 Å². The van der Waals surface area contributed by atoms with Crippen LogP contribution in [0.3, 0.4) is 0 Å². The molecule has 0 atom stereocenters. The van der Waals surface area contributed by atoms with E-state index in [2.05, 4.69) is 27.6 Å². The molecule has 4 heterocycles. The van der Waals surface area contributed by atoms with E-state index in [1.807, 2.05) is 54.2 Å². The van der Waals surface area contributed by atoms with Crippen molar-refractivity contribution in [1.82, 2.24) is 24.6 Å². The van der Waals surface area contributed by atoms with E-state index in [0.717, 1.165) is 63.2 Å². The zero-order valence-electron chi connectivity index (χ0n) is 31.1. The Hall–Kier alpha value is -6.14. The van der Waals surface area contributed by atoms with Gasteiger partial charge in [-0.2, -0.15) is 5.10 Å². The monoisotopic (exact) mass is 740 g/mol. The summed E-state index contributed by atoms with van der Waals surface area (Å²) < 4.78 is 23.2. The van der Waals surface area contributed by atoms with Crippen molar-refractivity contribution in [3.63, 3.8) is 0 Å². The molecule has 3 aromatic carbocycles. The Bertz CT molecular complexity index is 2310. The van der Waals surface area contributed by atoms with Crippen LogP contribution in [0.5, 0.6) is 0 Å².